The van der Waals surface area contributed by atoms with Crippen molar-refractivity contribution in [1.29, 1.82) is 0 Å². The zero-order valence-corrected chi connectivity index (χ0v) is 10.9. The zero-order chi connectivity index (χ0) is 14.3. The normalized spacial score (nSPS) is 14.3. The van der Waals surface area contributed by atoms with Crippen LogP contribution in [0.25, 0.3) is 11.4 Å². The molecule has 5 heteroatoms. The minimum absolute atomic E-state index is 0.142. The fourth-order valence-electron chi connectivity index (χ4n) is 2.10. The maximum Gasteiger partial charge on any atom is 0.339 e. The van der Waals surface area contributed by atoms with E-state index in [1.54, 1.807) is 19.1 Å². The Morgan fingerprint density at radius 3 is 2.75 bits per heavy atom. The Hall–Kier alpha value is -2.30. The molecule has 3 rings (SSSR count). The molecule has 102 valence electrons. The molecule has 0 aliphatic heterocycles. The van der Waals surface area contributed by atoms with E-state index in [-0.39, 0.29) is 17.3 Å². The van der Waals surface area contributed by atoms with Gasteiger partial charge < -0.3 is 5.11 Å². The molecule has 0 unspecified atom stereocenters. The van der Waals surface area contributed by atoms with Gasteiger partial charge in [-0.2, -0.15) is 0 Å². The molecule has 1 aromatic heterocycles. The van der Waals surface area contributed by atoms with E-state index in [0.29, 0.717) is 22.6 Å². The van der Waals surface area contributed by atoms with E-state index >= 15 is 0 Å². The molecular formula is C15H13FN2O2. The summed E-state index contributed by atoms with van der Waals surface area (Å²) in [7, 11) is 0. The Morgan fingerprint density at radius 1 is 1.40 bits per heavy atom. The lowest BCUT2D eigenvalue weighted by Gasteiger charge is -2.07. The van der Waals surface area contributed by atoms with Crippen LogP contribution in [0.4, 0.5) is 4.39 Å². The Morgan fingerprint density at radius 2 is 2.15 bits per heavy atom. The van der Waals surface area contributed by atoms with E-state index in [9.17, 15) is 9.18 Å². The smallest absolute Gasteiger partial charge is 0.339 e. The molecule has 1 heterocycles. The van der Waals surface area contributed by atoms with E-state index < -0.39 is 5.97 Å². The third-order valence-electron chi connectivity index (χ3n) is 3.44. The Kier molecular flexibility index (Phi) is 2.97. The van der Waals surface area contributed by atoms with Gasteiger partial charge >= 0.3 is 5.97 Å². The summed E-state index contributed by atoms with van der Waals surface area (Å²) in [6.45, 7) is 1.68. The molecule has 1 N–H and O–H groups in total. The van der Waals surface area contributed by atoms with Crippen molar-refractivity contribution in [1.82, 2.24) is 9.97 Å². The molecule has 1 aliphatic rings. The molecule has 0 amide bonds. The van der Waals surface area contributed by atoms with Crippen LogP contribution >= 0.6 is 0 Å². The second kappa shape index (κ2) is 4.67. The summed E-state index contributed by atoms with van der Waals surface area (Å²) in [5.41, 5.74) is 1.82. The molecule has 2 aromatic rings. The third kappa shape index (κ3) is 2.27. The molecule has 0 radical (unpaired) electrons. The van der Waals surface area contributed by atoms with Gasteiger partial charge in [0.05, 0.1) is 11.3 Å². The molecule has 20 heavy (non-hydrogen) atoms. The van der Waals surface area contributed by atoms with Crippen molar-refractivity contribution >= 4 is 5.97 Å². The quantitative estimate of drug-likeness (QED) is 0.932. The molecule has 1 fully saturated rings. The molecule has 0 spiro atoms. The first-order chi connectivity index (χ1) is 9.56. The minimum Gasteiger partial charge on any atom is -0.478 e. The number of carboxylic acid groups (broad SMARTS) is 1. The summed E-state index contributed by atoms with van der Waals surface area (Å²) in [5, 5.41) is 9.14. The van der Waals surface area contributed by atoms with Crippen molar-refractivity contribution in [3.63, 3.8) is 0 Å². The topological polar surface area (TPSA) is 63.1 Å². The van der Waals surface area contributed by atoms with E-state index in [0.717, 1.165) is 12.8 Å². The predicted octanol–water partition coefficient (Wildman–Crippen LogP) is 3.17. The van der Waals surface area contributed by atoms with Gasteiger partial charge in [-0.15, -0.1) is 0 Å². The van der Waals surface area contributed by atoms with Crippen molar-refractivity contribution in [3.05, 3.63) is 47.0 Å². The Labute approximate surface area is 115 Å². The van der Waals surface area contributed by atoms with Crippen LogP contribution in [0.5, 0.6) is 0 Å². The Balaban J connectivity index is 2.08. The Bertz CT molecular complexity index is 696. The van der Waals surface area contributed by atoms with Crippen LogP contribution in [0, 0.1) is 12.7 Å². The van der Waals surface area contributed by atoms with Crippen LogP contribution in [-0.2, 0) is 0 Å². The first-order valence-corrected chi connectivity index (χ1v) is 6.43. The number of hydrogen-bond donors (Lipinski definition) is 1. The van der Waals surface area contributed by atoms with E-state index in [1.807, 2.05) is 0 Å². The van der Waals surface area contributed by atoms with Gasteiger partial charge in [0.1, 0.15) is 5.82 Å². The highest BCUT2D eigenvalue weighted by atomic mass is 19.1. The molecule has 0 saturated heterocycles. The van der Waals surface area contributed by atoms with Gasteiger partial charge in [0.15, 0.2) is 5.82 Å². The van der Waals surface area contributed by atoms with Gasteiger partial charge in [-0.05, 0) is 31.4 Å². The fourth-order valence-corrected chi connectivity index (χ4v) is 2.10. The van der Waals surface area contributed by atoms with Gasteiger partial charge in [0.25, 0.3) is 0 Å². The molecule has 0 atom stereocenters. The average Bonchev–Trinajstić information content (AvgIpc) is 3.25. The van der Waals surface area contributed by atoms with Crippen molar-refractivity contribution < 1.29 is 14.3 Å². The molecule has 1 saturated carbocycles. The lowest BCUT2D eigenvalue weighted by atomic mass is 10.1. The molecular weight excluding hydrogens is 259 g/mol. The second-order valence-electron chi connectivity index (χ2n) is 5.04. The molecule has 1 aliphatic carbocycles. The minimum atomic E-state index is -1.02. The van der Waals surface area contributed by atoms with Gasteiger partial charge in [0, 0.05) is 17.7 Å². The second-order valence-corrected chi connectivity index (χ2v) is 5.04. The summed E-state index contributed by atoms with van der Waals surface area (Å²) in [4.78, 5) is 19.6. The summed E-state index contributed by atoms with van der Waals surface area (Å²) in [6.07, 6.45) is 3.20. The number of carbonyl (C=O) groups is 1. The summed E-state index contributed by atoms with van der Waals surface area (Å²) in [6, 6.07) is 4.78. The van der Waals surface area contributed by atoms with Gasteiger partial charge in [0.2, 0.25) is 0 Å². The van der Waals surface area contributed by atoms with Crippen LogP contribution in [0.3, 0.4) is 0 Å². The van der Waals surface area contributed by atoms with Crippen LogP contribution in [0.2, 0.25) is 0 Å². The highest BCUT2D eigenvalue weighted by molar-refractivity contribution is 5.89. The SMILES string of the molecule is Cc1ccc(-c2ncc(C(=O)O)c(C3CC3)n2)cc1F. The van der Waals surface area contributed by atoms with Crippen molar-refractivity contribution in [2.24, 2.45) is 0 Å². The molecule has 4 nitrogen and oxygen atoms in total. The number of halogens is 1. The highest BCUT2D eigenvalue weighted by Gasteiger charge is 2.30. The maximum atomic E-state index is 13.6. The molecule has 1 aromatic carbocycles. The highest BCUT2D eigenvalue weighted by Crippen LogP contribution is 2.41. The number of aromatic carboxylic acids is 1. The number of rotatable bonds is 3. The van der Waals surface area contributed by atoms with E-state index in [2.05, 4.69) is 9.97 Å². The number of hydrogen-bond acceptors (Lipinski definition) is 3. The van der Waals surface area contributed by atoms with Gasteiger partial charge in [-0.3, -0.25) is 0 Å². The van der Waals surface area contributed by atoms with Crippen LogP contribution < -0.4 is 0 Å². The van der Waals surface area contributed by atoms with Gasteiger partial charge in [-0.25, -0.2) is 19.2 Å². The maximum absolute atomic E-state index is 13.6. The van der Waals surface area contributed by atoms with Crippen molar-refractivity contribution in [2.75, 3.05) is 0 Å². The number of carboxylic acids is 1. The third-order valence-corrected chi connectivity index (χ3v) is 3.44. The zero-order valence-electron chi connectivity index (χ0n) is 10.9. The van der Waals surface area contributed by atoms with Crippen LogP contribution in [0.15, 0.2) is 24.4 Å². The standard InChI is InChI=1S/C15H13FN2O2/c1-8-2-3-10(6-12(8)16)14-17-7-11(15(19)20)13(18-14)9-4-5-9/h2-3,6-7,9H,4-5H2,1H3,(H,19,20). The van der Waals surface area contributed by atoms with Crippen LogP contribution in [-0.4, -0.2) is 21.0 Å². The van der Waals surface area contributed by atoms with Crippen molar-refractivity contribution in [2.45, 2.75) is 25.7 Å². The number of nitrogens with zero attached hydrogens (tertiary/aromatic N) is 2. The lowest BCUT2D eigenvalue weighted by molar-refractivity contribution is 0.0694. The monoisotopic (exact) mass is 272 g/mol. The number of aryl methyl sites for hydroxylation is 1. The lowest BCUT2D eigenvalue weighted by Crippen LogP contribution is -2.06. The number of aromatic nitrogens is 2. The van der Waals surface area contributed by atoms with E-state index in [4.69, 9.17) is 5.11 Å². The first kappa shape index (κ1) is 12.7. The van der Waals surface area contributed by atoms with Gasteiger partial charge in [-0.1, -0.05) is 12.1 Å². The van der Waals surface area contributed by atoms with E-state index in [1.165, 1.54) is 12.3 Å². The van der Waals surface area contributed by atoms with Crippen LogP contribution in [0.1, 0.15) is 40.4 Å². The fraction of sp³-hybridized carbons (Fsp3) is 0.267. The summed E-state index contributed by atoms with van der Waals surface area (Å²) >= 11 is 0. The molecule has 0 bridgehead atoms. The summed E-state index contributed by atoms with van der Waals surface area (Å²) < 4.78 is 13.6. The number of benzene rings is 1. The first-order valence-electron chi connectivity index (χ1n) is 6.43. The van der Waals surface area contributed by atoms with Crippen molar-refractivity contribution in [3.8, 4) is 11.4 Å². The average molecular weight is 272 g/mol. The summed E-state index contributed by atoms with van der Waals surface area (Å²) in [5.74, 6) is -0.774. The largest absolute Gasteiger partial charge is 0.478 e. The predicted molar refractivity (Wildman–Crippen MR) is 71.1 cm³/mol.